The fourth-order valence-electron chi connectivity index (χ4n) is 3.10. The molecule has 0 saturated heterocycles. The Balaban J connectivity index is 1.43. The van der Waals surface area contributed by atoms with Gasteiger partial charge in [-0.15, -0.1) is 0 Å². The van der Waals surface area contributed by atoms with Gasteiger partial charge >= 0.3 is 5.97 Å². The zero-order valence-corrected chi connectivity index (χ0v) is 17.1. The van der Waals surface area contributed by atoms with Gasteiger partial charge in [0, 0.05) is 10.0 Å². The number of fused-ring (bicyclic) bond motifs is 1. The monoisotopic (exact) mass is 463 g/mol. The number of nitrogens with zero attached hydrogens (tertiary/aromatic N) is 1. The summed E-state index contributed by atoms with van der Waals surface area (Å²) in [5, 5.41) is 0. The predicted molar refractivity (Wildman–Crippen MR) is 113 cm³/mol. The fourth-order valence-corrected chi connectivity index (χ4v) is 3.37. The molecular weight excluding hydrogens is 450 g/mol. The molecule has 0 unspecified atom stereocenters. The average molecular weight is 464 g/mol. The van der Waals surface area contributed by atoms with Crippen LogP contribution < -0.4 is 4.90 Å². The molecule has 1 heterocycles. The molecule has 7 heteroatoms. The molecule has 1 aliphatic heterocycles. The summed E-state index contributed by atoms with van der Waals surface area (Å²) < 4.78 is 5.93. The van der Waals surface area contributed by atoms with Crippen molar-refractivity contribution in [2.75, 3.05) is 11.5 Å². The Kier molecular flexibility index (Phi) is 5.29. The van der Waals surface area contributed by atoms with Gasteiger partial charge in [-0.3, -0.25) is 14.4 Å². The van der Waals surface area contributed by atoms with Crippen molar-refractivity contribution in [3.8, 4) is 0 Å². The van der Waals surface area contributed by atoms with Gasteiger partial charge in [-0.05, 0) is 48.5 Å². The van der Waals surface area contributed by atoms with Crippen LogP contribution in [-0.4, -0.2) is 30.2 Å². The maximum Gasteiger partial charge on any atom is 0.338 e. The number of anilines is 1. The topological polar surface area (TPSA) is 80.8 Å². The van der Waals surface area contributed by atoms with E-state index in [1.165, 1.54) is 24.3 Å². The third-order valence-electron chi connectivity index (χ3n) is 4.66. The summed E-state index contributed by atoms with van der Waals surface area (Å²) in [7, 11) is 0. The van der Waals surface area contributed by atoms with Gasteiger partial charge in [0.1, 0.15) is 0 Å². The van der Waals surface area contributed by atoms with Gasteiger partial charge in [0.15, 0.2) is 12.4 Å². The normalized spacial score (nSPS) is 12.6. The van der Waals surface area contributed by atoms with Gasteiger partial charge in [0.25, 0.3) is 11.8 Å². The van der Waals surface area contributed by atoms with Gasteiger partial charge in [0.05, 0.1) is 22.4 Å². The highest BCUT2D eigenvalue weighted by molar-refractivity contribution is 9.10. The second kappa shape index (κ2) is 8.04. The van der Waals surface area contributed by atoms with Crippen molar-refractivity contribution in [3.05, 3.63) is 99.5 Å². The molecule has 0 N–H and O–H groups in total. The molecule has 0 aliphatic carbocycles. The van der Waals surface area contributed by atoms with E-state index in [2.05, 4.69) is 15.9 Å². The van der Waals surface area contributed by atoms with E-state index in [1.807, 2.05) is 0 Å². The van der Waals surface area contributed by atoms with Gasteiger partial charge in [-0.25, -0.2) is 9.69 Å². The lowest BCUT2D eigenvalue weighted by atomic mass is 10.1. The van der Waals surface area contributed by atoms with Crippen molar-refractivity contribution < 1.29 is 23.9 Å². The number of rotatable bonds is 5. The molecule has 6 nitrogen and oxygen atoms in total. The summed E-state index contributed by atoms with van der Waals surface area (Å²) >= 11 is 3.29. The van der Waals surface area contributed by atoms with Crippen LogP contribution in [0.4, 0.5) is 5.69 Å². The van der Waals surface area contributed by atoms with Crippen LogP contribution in [0.2, 0.25) is 0 Å². The number of ether oxygens (including phenoxy) is 1. The number of benzene rings is 3. The van der Waals surface area contributed by atoms with Crippen LogP contribution in [0.1, 0.15) is 41.4 Å². The largest absolute Gasteiger partial charge is 0.454 e. The maximum absolute atomic E-state index is 12.5. The van der Waals surface area contributed by atoms with Crippen LogP contribution >= 0.6 is 15.9 Å². The maximum atomic E-state index is 12.5. The summed E-state index contributed by atoms with van der Waals surface area (Å²) in [6, 6.07) is 19.2. The smallest absolute Gasteiger partial charge is 0.338 e. The molecule has 3 aromatic carbocycles. The molecule has 0 saturated carbocycles. The average Bonchev–Trinajstić information content (AvgIpc) is 3.03. The number of carbonyl (C=O) groups is 4. The molecule has 0 fully saturated rings. The van der Waals surface area contributed by atoms with E-state index in [9.17, 15) is 19.2 Å². The minimum Gasteiger partial charge on any atom is -0.454 e. The van der Waals surface area contributed by atoms with Crippen LogP contribution in [0, 0.1) is 0 Å². The predicted octanol–water partition coefficient (Wildman–Crippen LogP) is 4.29. The summed E-state index contributed by atoms with van der Waals surface area (Å²) in [6.07, 6.45) is 0. The zero-order chi connectivity index (χ0) is 21.3. The minimum atomic E-state index is -0.672. The van der Waals surface area contributed by atoms with Crippen LogP contribution in [0.3, 0.4) is 0 Å². The Morgan fingerprint density at radius 3 is 1.87 bits per heavy atom. The van der Waals surface area contributed by atoms with Crippen LogP contribution in [-0.2, 0) is 4.74 Å². The molecule has 0 aromatic heterocycles. The third kappa shape index (κ3) is 3.67. The van der Waals surface area contributed by atoms with E-state index in [4.69, 9.17) is 4.74 Å². The first kappa shape index (κ1) is 19.7. The SMILES string of the molecule is O=C(COC(=O)c1ccc(N2C(=O)c3ccccc3C2=O)cc1)c1ccc(Br)cc1. The second-order valence-corrected chi connectivity index (χ2v) is 7.46. The van der Waals surface area contributed by atoms with Gasteiger partial charge in [-0.1, -0.05) is 40.2 Å². The summed E-state index contributed by atoms with van der Waals surface area (Å²) in [6.45, 7) is -0.388. The highest BCUT2D eigenvalue weighted by atomic mass is 79.9. The van der Waals surface area contributed by atoms with Gasteiger partial charge in [0.2, 0.25) is 0 Å². The highest BCUT2D eigenvalue weighted by Crippen LogP contribution is 2.28. The van der Waals surface area contributed by atoms with Crippen LogP contribution in [0.5, 0.6) is 0 Å². The minimum absolute atomic E-state index is 0.207. The zero-order valence-electron chi connectivity index (χ0n) is 15.5. The Labute approximate surface area is 180 Å². The van der Waals surface area contributed by atoms with E-state index >= 15 is 0 Å². The molecule has 0 spiro atoms. The highest BCUT2D eigenvalue weighted by Gasteiger charge is 2.36. The van der Waals surface area contributed by atoms with Crippen molar-refractivity contribution in [2.24, 2.45) is 0 Å². The molecule has 0 bridgehead atoms. The number of esters is 1. The molecule has 4 rings (SSSR count). The van der Waals surface area contributed by atoms with Crippen molar-refractivity contribution >= 4 is 45.2 Å². The molecule has 3 aromatic rings. The first-order chi connectivity index (χ1) is 14.5. The van der Waals surface area contributed by atoms with Crippen molar-refractivity contribution in [1.29, 1.82) is 0 Å². The molecule has 148 valence electrons. The lowest BCUT2D eigenvalue weighted by Gasteiger charge is -2.14. The van der Waals surface area contributed by atoms with Crippen molar-refractivity contribution in [1.82, 2.24) is 0 Å². The quantitative estimate of drug-likeness (QED) is 0.320. The Morgan fingerprint density at radius 2 is 1.30 bits per heavy atom. The number of Topliss-reactive ketones (excluding diaryl/α,β-unsaturated/α-hetero) is 1. The van der Waals surface area contributed by atoms with Crippen LogP contribution in [0.25, 0.3) is 0 Å². The summed E-state index contributed by atoms with van der Waals surface area (Å²) in [5.41, 5.74) is 1.68. The van der Waals surface area contributed by atoms with E-state index in [1.54, 1.807) is 48.5 Å². The van der Waals surface area contributed by atoms with Crippen LogP contribution in [0.15, 0.2) is 77.3 Å². The lowest BCUT2D eigenvalue weighted by Crippen LogP contribution is -2.29. The number of carbonyl (C=O) groups excluding carboxylic acids is 4. The number of hydrogen-bond donors (Lipinski definition) is 0. The van der Waals surface area contributed by atoms with E-state index in [0.717, 1.165) is 9.37 Å². The van der Waals surface area contributed by atoms with Gasteiger partial charge in [-0.2, -0.15) is 0 Å². The number of halogens is 1. The number of amides is 2. The van der Waals surface area contributed by atoms with E-state index in [0.29, 0.717) is 22.4 Å². The van der Waals surface area contributed by atoms with Crippen molar-refractivity contribution in [2.45, 2.75) is 0 Å². The van der Waals surface area contributed by atoms with E-state index < -0.39 is 17.8 Å². The molecule has 0 atom stereocenters. The first-order valence-corrected chi connectivity index (χ1v) is 9.79. The standard InChI is InChI=1S/C23H14BrNO5/c24-16-9-5-14(6-10-16)20(26)13-30-23(29)15-7-11-17(12-8-15)25-21(27)18-3-1-2-4-19(18)22(25)28/h1-12H,13H2. The second-order valence-electron chi connectivity index (χ2n) is 6.54. The Morgan fingerprint density at radius 1 is 0.767 bits per heavy atom. The van der Waals surface area contributed by atoms with E-state index in [-0.39, 0.29) is 18.0 Å². The summed E-state index contributed by atoms with van der Waals surface area (Å²) in [5.74, 6) is -1.81. The number of imide groups is 1. The third-order valence-corrected chi connectivity index (χ3v) is 5.18. The molecule has 2 amide bonds. The first-order valence-electron chi connectivity index (χ1n) is 8.99. The lowest BCUT2D eigenvalue weighted by molar-refractivity contribution is 0.0474. The van der Waals surface area contributed by atoms with Gasteiger partial charge < -0.3 is 4.74 Å². The molecule has 30 heavy (non-hydrogen) atoms. The molecule has 0 radical (unpaired) electrons. The Bertz CT molecular complexity index is 1130. The Hall–Kier alpha value is -3.58. The fraction of sp³-hybridized carbons (Fsp3) is 0.0435. The molecule has 1 aliphatic rings. The number of ketones is 1. The molecular formula is C23H14BrNO5. The number of hydrogen-bond acceptors (Lipinski definition) is 5. The van der Waals surface area contributed by atoms with Crippen molar-refractivity contribution in [3.63, 3.8) is 0 Å². The summed E-state index contributed by atoms with van der Waals surface area (Å²) in [4.78, 5) is 50.5.